The van der Waals surface area contributed by atoms with Gasteiger partial charge < -0.3 is 44.5 Å². The van der Waals surface area contributed by atoms with Gasteiger partial charge in [0.2, 0.25) is 5.91 Å². The van der Waals surface area contributed by atoms with Gasteiger partial charge in [0.1, 0.15) is 18.7 Å². The van der Waals surface area contributed by atoms with E-state index in [4.69, 9.17) is 14.2 Å². The summed E-state index contributed by atoms with van der Waals surface area (Å²) in [6, 6.07) is 15.6. The predicted octanol–water partition coefficient (Wildman–Crippen LogP) is 5.64. The molecule has 3 aliphatic heterocycles. The van der Waals surface area contributed by atoms with Crippen molar-refractivity contribution >= 4 is 40.9 Å². The monoisotopic (exact) mass is 980 g/mol. The fourth-order valence-electron chi connectivity index (χ4n) is 10.0. The Morgan fingerprint density at radius 2 is 1.52 bits per heavy atom. The molecule has 0 bridgehead atoms. The van der Waals surface area contributed by atoms with Gasteiger partial charge in [-0.2, -0.15) is 5.10 Å². The van der Waals surface area contributed by atoms with Gasteiger partial charge in [0.05, 0.1) is 18.3 Å². The van der Waals surface area contributed by atoms with Gasteiger partial charge in [0.25, 0.3) is 5.56 Å². The standard InChI is InChI=1S/C53H73N9O9/c1-36(2)47(57-53(68)70-34-39-12-8-6-9-13-39)51(66)69-29-11-7-10-14-46(63)71-35-62-48-37(3)30-40(31-42(48)33-54-62)32-45(50(65)60-27-25-59(26-28-60)43-19-21-58(5)22-20-43)56-52(67)61-23-17-41(18-24-61)44-16-15-38(4)55-49(44)64/h6,8-9,12-13,15-16,30-31,33,36,41,43,45,47H,7,10-11,14,17-29,32,34-35H2,1-5H3,(H,55,64)(H,56,67)(H,57,68)/t45-,47+/m1/s1. The van der Waals surface area contributed by atoms with E-state index in [0.29, 0.717) is 64.3 Å². The van der Waals surface area contributed by atoms with Crippen molar-refractivity contribution in [1.82, 2.24) is 45.0 Å². The van der Waals surface area contributed by atoms with E-state index in [9.17, 15) is 28.8 Å². The lowest BCUT2D eigenvalue weighted by molar-refractivity contribution is -0.149. The number of aryl methyl sites for hydroxylation is 2. The van der Waals surface area contributed by atoms with E-state index in [-0.39, 0.29) is 68.1 Å². The van der Waals surface area contributed by atoms with E-state index in [1.807, 2.05) is 87.2 Å². The topological polar surface area (TPSA) is 201 Å². The molecule has 71 heavy (non-hydrogen) atoms. The van der Waals surface area contributed by atoms with Crippen LogP contribution in [0.3, 0.4) is 0 Å². The number of aromatic nitrogens is 3. The molecule has 18 heteroatoms. The molecule has 3 fully saturated rings. The molecule has 0 spiro atoms. The number of aromatic amines is 1. The summed E-state index contributed by atoms with van der Waals surface area (Å²) in [5.74, 6) is -1.19. The van der Waals surface area contributed by atoms with Crippen LogP contribution >= 0.6 is 0 Å². The molecule has 3 saturated heterocycles. The second-order valence-electron chi connectivity index (χ2n) is 19.8. The summed E-state index contributed by atoms with van der Waals surface area (Å²) in [5.41, 5.74) is 4.87. The number of nitrogens with one attached hydrogen (secondary N) is 3. The van der Waals surface area contributed by atoms with Crippen LogP contribution < -0.4 is 16.2 Å². The van der Waals surface area contributed by atoms with Gasteiger partial charge in [-0.15, -0.1) is 0 Å². The Kier molecular flexibility index (Phi) is 18.7. The van der Waals surface area contributed by atoms with E-state index in [0.717, 1.165) is 77.9 Å². The molecule has 0 saturated carbocycles. The number of ether oxygens (including phenoxy) is 3. The van der Waals surface area contributed by atoms with Crippen LogP contribution in [0.1, 0.15) is 99.1 Å². The highest BCUT2D eigenvalue weighted by Crippen LogP contribution is 2.27. The van der Waals surface area contributed by atoms with Crippen LogP contribution in [-0.4, -0.2) is 148 Å². The molecule has 2 atom stereocenters. The Labute approximate surface area is 416 Å². The molecule has 2 aromatic carbocycles. The van der Waals surface area contributed by atoms with Crippen molar-refractivity contribution in [2.75, 3.05) is 66.0 Å². The zero-order valence-corrected chi connectivity index (χ0v) is 42.2. The fraction of sp³-hybridized carbons (Fsp3) is 0.566. The number of hydrogen-bond donors (Lipinski definition) is 3. The average molecular weight is 980 g/mol. The second kappa shape index (κ2) is 25.2. The van der Waals surface area contributed by atoms with Crippen molar-refractivity contribution in [2.24, 2.45) is 5.92 Å². The van der Waals surface area contributed by atoms with Gasteiger partial charge in [-0.05, 0) is 120 Å². The smallest absolute Gasteiger partial charge is 0.408 e. The number of nitrogens with zero attached hydrogens (tertiary/aromatic N) is 6. The minimum absolute atomic E-state index is 0.0521. The SMILES string of the molecule is Cc1ccc(C2CCN(C(=O)N[C@H](Cc3cc(C)c4c(cnn4COC(=O)CCCCCOC(=O)[C@@H](NC(=O)OCc4ccccc4)C(C)C)c3)C(=O)N3CCN(C4CCN(C)CC4)CC3)CC2)c(=O)[nH]1. The number of rotatable bonds is 19. The largest absolute Gasteiger partial charge is 0.464 e. The van der Waals surface area contributed by atoms with Gasteiger partial charge in [-0.3, -0.25) is 19.3 Å². The molecule has 4 amide bonds. The number of hydrogen-bond acceptors (Lipinski definition) is 12. The number of unbranched alkanes of at least 4 members (excludes halogenated alkanes) is 2. The van der Waals surface area contributed by atoms with Gasteiger partial charge in [-0.1, -0.05) is 56.3 Å². The van der Waals surface area contributed by atoms with Gasteiger partial charge in [0.15, 0.2) is 6.73 Å². The van der Waals surface area contributed by atoms with Gasteiger partial charge in [-0.25, -0.2) is 19.1 Å². The number of likely N-dealkylation sites (tertiary alicyclic amines) is 2. The summed E-state index contributed by atoms with van der Waals surface area (Å²) in [6.45, 7) is 13.5. The van der Waals surface area contributed by atoms with Crippen molar-refractivity contribution in [3.05, 3.63) is 99.1 Å². The summed E-state index contributed by atoms with van der Waals surface area (Å²) >= 11 is 0. The van der Waals surface area contributed by atoms with Crippen molar-refractivity contribution in [3.63, 3.8) is 0 Å². The zero-order valence-electron chi connectivity index (χ0n) is 42.2. The highest BCUT2D eigenvalue weighted by atomic mass is 16.6. The second-order valence-corrected chi connectivity index (χ2v) is 19.8. The number of benzene rings is 2. The number of esters is 2. The molecular weight excluding hydrogens is 907 g/mol. The van der Waals surface area contributed by atoms with Crippen molar-refractivity contribution in [1.29, 1.82) is 0 Å². The summed E-state index contributed by atoms with van der Waals surface area (Å²) in [6.07, 6.45) is 6.74. The van der Waals surface area contributed by atoms with Gasteiger partial charge >= 0.3 is 24.1 Å². The first-order chi connectivity index (χ1) is 34.2. The van der Waals surface area contributed by atoms with Crippen LogP contribution in [0.2, 0.25) is 0 Å². The van der Waals surface area contributed by atoms with E-state index in [1.165, 1.54) is 0 Å². The fourth-order valence-corrected chi connectivity index (χ4v) is 10.0. The first kappa shape index (κ1) is 52.6. The number of piperazine rings is 1. The molecule has 18 nitrogen and oxygen atoms in total. The number of fused-ring (bicyclic) bond motifs is 1. The Morgan fingerprint density at radius 1 is 0.789 bits per heavy atom. The van der Waals surface area contributed by atoms with Crippen LogP contribution in [0.4, 0.5) is 9.59 Å². The number of carbonyl (C=O) groups excluding carboxylic acids is 5. The number of pyridine rings is 1. The first-order valence-corrected chi connectivity index (χ1v) is 25.4. The molecule has 0 unspecified atom stereocenters. The maximum Gasteiger partial charge on any atom is 0.408 e. The number of H-pyrrole nitrogens is 1. The van der Waals surface area contributed by atoms with Crippen LogP contribution in [0.5, 0.6) is 0 Å². The molecule has 7 rings (SSSR count). The highest BCUT2D eigenvalue weighted by Gasteiger charge is 2.34. The van der Waals surface area contributed by atoms with Gasteiger partial charge in [0, 0.05) is 74.8 Å². The molecule has 2 aromatic heterocycles. The Balaban J connectivity index is 0.892. The molecule has 3 aliphatic rings. The number of piperidine rings is 2. The maximum absolute atomic E-state index is 14.5. The zero-order chi connectivity index (χ0) is 50.4. The Morgan fingerprint density at radius 3 is 2.23 bits per heavy atom. The van der Waals surface area contributed by atoms with Crippen LogP contribution in [0.25, 0.3) is 10.9 Å². The lowest BCUT2D eigenvalue weighted by Crippen LogP contribution is -2.59. The minimum atomic E-state index is -0.860. The maximum atomic E-state index is 14.5. The summed E-state index contributed by atoms with van der Waals surface area (Å²) in [4.78, 5) is 90.6. The molecule has 0 aliphatic carbocycles. The number of alkyl carbamates (subject to hydrolysis) is 1. The van der Waals surface area contributed by atoms with Crippen LogP contribution in [-0.2, 0) is 48.4 Å². The third-order valence-electron chi connectivity index (χ3n) is 14.2. The third-order valence-corrected chi connectivity index (χ3v) is 14.2. The van der Waals surface area contributed by atoms with E-state index >= 15 is 0 Å². The molecule has 3 N–H and O–H groups in total. The first-order valence-electron chi connectivity index (χ1n) is 25.4. The number of carbonyl (C=O) groups is 5. The molecule has 4 aromatic rings. The summed E-state index contributed by atoms with van der Waals surface area (Å²) < 4.78 is 18.0. The van der Waals surface area contributed by atoms with Crippen LogP contribution in [0.15, 0.2) is 65.6 Å². The normalized spacial score (nSPS) is 17.2. The molecule has 384 valence electrons. The highest BCUT2D eigenvalue weighted by molar-refractivity contribution is 5.88. The van der Waals surface area contributed by atoms with Crippen molar-refractivity contribution in [2.45, 2.75) is 123 Å². The van der Waals surface area contributed by atoms with Crippen molar-refractivity contribution in [3.8, 4) is 0 Å². The summed E-state index contributed by atoms with van der Waals surface area (Å²) in [5, 5.41) is 11.1. The Hall–Kier alpha value is -6.27. The van der Waals surface area contributed by atoms with E-state index in [2.05, 4.69) is 37.6 Å². The minimum Gasteiger partial charge on any atom is -0.464 e. The number of amides is 4. The molecule has 5 heterocycles. The predicted molar refractivity (Wildman–Crippen MR) is 268 cm³/mol. The Bertz CT molecular complexity index is 2490. The van der Waals surface area contributed by atoms with E-state index < -0.39 is 24.1 Å². The third kappa shape index (κ3) is 14.7. The molecule has 0 radical (unpaired) electrons. The quantitative estimate of drug-likeness (QED) is 0.0595. The number of urea groups is 1. The summed E-state index contributed by atoms with van der Waals surface area (Å²) in [7, 11) is 2.16. The van der Waals surface area contributed by atoms with E-state index in [1.54, 1.807) is 15.8 Å². The van der Waals surface area contributed by atoms with Crippen LogP contribution in [0, 0.1) is 19.8 Å². The van der Waals surface area contributed by atoms with Crippen molar-refractivity contribution < 1.29 is 38.2 Å². The average Bonchev–Trinajstić information content (AvgIpc) is 3.78. The lowest BCUT2D eigenvalue weighted by atomic mass is 9.90. The molecular formula is C53H73N9O9. The lowest BCUT2D eigenvalue weighted by Gasteiger charge is -2.43.